The lowest BCUT2D eigenvalue weighted by Crippen LogP contribution is -2.35. The molecule has 3 aromatic rings. The lowest BCUT2D eigenvalue weighted by molar-refractivity contribution is -0.124. The minimum atomic E-state index is -0.312. The number of amides is 1. The second kappa shape index (κ2) is 11.6. The van der Waals surface area contributed by atoms with E-state index in [1.54, 1.807) is 25.7 Å². The SMILES string of the molecule is CCC(=O)CCCCC[C@H](NC(=O)[C@H]1CC12CCNCC2)c1ncc(-c2cc3ccncc3cc2OC)o1. The number of oxazole rings is 1. The number of nitrogens with one attached hydrogen (secondary N) is 2. The number of ketones is 1. The zero-order valence-electron chi connectivity index (χ0n) is 22.4. The van der Waals surface area contributed by atoms with Gasteiger partial charge in [0.2, 0.25) is 11.8 Å². The van der Waals surface area contributed by atoms with Gasteiger partial charge in [0, 0.05) is 36.5 Å². The molecule has 2 N–H and O–H groups in total. The van der Waals surface area contributed by atoms with Gasteiger partial charge in [-0.2, -0.15) is 0 Å². The van der Waals surface area contributed by atoms with E-state index >= 15 is 0 Å². The van der Waals surface area contributed by atoms with Crippen LogP contribution < -0.4 is 15.4 Å². The Morgan fingerprint density at radius 1 is 1.18 bits per heavy atom. The van der Waals surface area contributed by atoms with Crippen molar-refractivity contribution in [2.24, 2.45) is 11.3 Å². The Kier molecular flexibility index (Phi) is 8.07. The summed E-state index contributed by atoms with van der Waals surface area (Å²) in [4.78, 5) is 33.8. The van der Waals surface area contributed by atoms with Gasteiger partial charge in [-0.1, -0.05) is 19.8 Å². The number of methoxy groups -OCH3 is 1. The highest BCUT2D eigenvalue weighted by atomic mass is 16.5. The molecule has 2 fully saturated rings. The molecule has 1 aliphatic carbocycles. The van der Waals surface area contributed by atoms with E-state index < -0.39 is 0 Å². The number of nitrogens with zero attached hydrogens (tertiary/aromatic N) is 2. The fraction of sp³-hybridized carbons (Fsp3) is 0.533. The number of pyridine rings is 1. The molecule has 1 amide bonds. The lowest BCUT2D eigenvalue weighted by Gasteiger charge is -2.24. The van der Waals surface area contributed by atoms with Gasteiger partial charge in [-0.05, 0) is 74.2 Å². The molecule has 1 saturated heterocycles. The molecule has 2 aliphatic rings. The van der Waals surface area contributed by atoms with Crippen molar-refractivity contribution in [1.29, 1.82) is 0 Å². The summed E-state index contributed by atoms with van der Waals surface area (Å²) in [5.74, 6) is 2.26. The van der Waals surface area contributed by atoms with Gasteiger partial charge in [0.05, 0.1) is 18.9 Å². The van der Waals surface area contributed by atoms with E-state index in [4.69, 9.17) is 9.15 Å². The van der Waals surface area contributed by atoms with E-state index in [2.05, 4.69) is 20.6 Å². The zero-order valence-corrected chi connectivity index (χ0v) is 22.4. The molecule has 0 bridgehead atoms. The molecule has 1 aromatic carbocycles. The summed E-state index contributed by atoms with van der Waals surface area (Å²) < 4.78 is 11.9. The van der Waals surface area contributed by atoms with E-state index in [1.165, 1.54) is 0 Å². The van der Waals surface area contributed by atoms with Gasteiger partial charge < -0.3 is 19.8 Å². The maximum atomic E-state index is 13.3. The van der Waals surface area contributed by atoms with Gasteiger partial charge in [-0.25, -0.2) is 4.98 Å². The molecule has 1 spiro atoms. The average molecular weight is 519 g/mol. The molecule has 0 radical (unpaired) electrons. The monoisotopic (exact) mass is 518 g/mol. The highest BCUT2D eigenvalue weighted by Crippen LogP contribution is 2.58. The van der Waals surface area contributed by atoms with Crippen LogP contribution in [0.4, 0.5) is 0 Å². The van der Waals surface area contributed by atoms with E-state index in [0.717, 1.165) is 68.0 Å². The highest BCUT2D eigenvalue weighted by molar-refractivity contribution is 5.89. The van der Waals surface area contributed by atoms with Crippen LogP contribution in [0.5, 0.6) is 5.75 Å². The quantitative estimate of drug-likeness (QED) is 0.310. The first-order chi connectivity index (χ1) is 18.5. The maximum Gasteiger partial charge on any atom is 0.224 e. The number of benzene rings is 1. The summed E-state index contributed by atoms with van der Waals surface area (Å²) in [6, 6.07) is 5.60. The predicted molar refractivity (Wildman–Crippen MR) is 146 cm³/mol. The predicted octanol–water partition coefficient (Wildman–Crippen LogP) is 5.38. The molecule has 1 aliphatic heterocycles. The van der Waals surface area contributed by atoms with Crippen molar-refractivity contribution in [3.05, 3.63) is 42.7 Å². The molecule has 38 heavy (non-hydrogen) atoms. The standard InChI is InChI=1S/C30H38N4O4/c1-3-22(35)7-5-4-6-8-25(34-28(36)24-17-30(24)10-13-31-14-11-30)29-33-19-27(38-29)23-15-20-9-12-32-18-21(20)16-26(23)37-2/h9,12,15-16,18-19,24-25,31H,3-8,10-11,13-14,17H2,1-2H3,(H,34,36)/t24-,25+/m1/s1. The molecule has 202 valence electrons. The molecule has 3 heterocycles. The number of aromatic nitrogens is 2. The summed E-state index contributed by atoms with van der Waals surface area (Å²) >= 11 is 0. The lowest BCUT2D eigenvalue weighted by atomic mass is 9.91. The number of piperidine rings is 1. The maximum absolute atomic E-state index is 13.3. The molecule has 1 saturated carbocycles. The van der Waals surface area contributed by atoms with Crippen molar-refractivity contribution in [3.8, 4) is 17.1 Å². The van der Waals surface area contributed by atoms with Crippen molar-refractivity contribution >= 4 is 22.5 Å². The van der Waals surface area contributed by atoms with Crippen molar-refractivity contribution in [3.63, 3.8) is 0 Å². The number of Topliss-reactive ketones (excluding diaryl/α,β-unsaturated/α-hetero) is 1. The molecule has 2 aromatic heterocycles. The Hall–Kier alpha value is -3.26. The van der Waals surface area contributed by atoms with E-state index in [0.29, 0.717) is 42.4 Å². The van der Waals surface area contributed by atoms with Crippen LogP contribution in [0.2, 0.25) is 0 Å². The number of rotatable bonds is 12. The number of fused-ring (bicyclic) bond motifs is 1. The van der Waals surface area contributed by atoms with Crippen LogP contribution in [0.15, 0.2) is 41.2 Å². The van der Waals surface area contributed by atoms with Crippen LogP contribution in [-0.4, -0.2) is 41.9 Å². The van der Waals surface area contributed by atoms with Crippen LogP contribution in [-0.2, 0) is 9.59 Å². The minimum Gasteiger partial charge on any atom is -0.496 e. The van der Waals surface area contributed by atoms with Gasteiger partial charge in [0.25, 0.3) is 0 Å². The first-order valence-corrected chi connectivity index (χ1v) is 13.9. The topological polar surface area (TPSA) is 106 Å². The van der Waals surface area contributed by atoms with Crippen LogP contribution in [0.3, 0.4) is 0 Å². The van der Waals surface area contributed by atoms with Crippen LogP contribution in [0, 0.1) is 11.3 Å². The average Bonchev–Trinajstić information content (AvgIpc) is 3.40. The number of hydrogen-bond acceptors (Lipinski definition) is 7. The second-order valence-corrected chi connectivity index (χ2v) is 10.8. The van der Waals surface area contributed by atoms with Gasteiger partial charge in [-0.15, -0.1) is 0 Å². The molecule has 0 unspecified atom stereocenters. The summed E-state index contributed by atoms with van der Waals surface area (Å²) in [6.07, 6.45) is 13.0. The van der Waals surface area contributed by atoms with Gasteiger partial charge in [0.1, 0.15) is 17.6 Å². The third-order valence-corrected chi connectivity index (χ3v) is 8.31. The van der Waals surface area contributed by atoms with Crippen LogP contribution in [0.25, 0.3) is 22.1 Å². The fourth-order valence-corrected chi connectivity index (χ4v) is 5.80. The summed E-state index contributed by atoms with van der Waals surface area (Å²) in [7, 11) is 1.64. The normalized spacial score (nSPS) is 18.8. The van der Waals surface area contributed by atoms with E-state index in [1.807, 2.05) is 25.1 Å². The van der Waals surface area contributed by atoms with Crippen LogP contribution in [0.1, 0.15) is 76.6 Å². The Morgan fingerprint density at radius 2 is 2.03 bits per heavy atom. The molecule has 2 atom stereocenters. The Balaban J connectivity index is 1.33. The summed E-state index contributed by atoms with van der Waals surface area (Å²) in [6.45, 7) is 3.87. The van der Waals surface area contributed by atoms with Gasteiger partial charge >= 0.3 is 0 Å². The Morgan fingerprint density at radius 3 is 2.82 bits per heavy atom. The van der Waals surface area contributed by atoms with Crippen LogP contribution >= 0.6 is 0 Å². The third-order valence-electron chi connectivity index (χ3n) is 8.31. The number of ether oxygens (including phenoxy) is 1. The number of carbonyl (C=O) groups excluding carboxylic acids is 2. The van der Waals surface area contributed by atoms with Crippen molar-refractivity contribution in [1.82, 2.24) is 20.6 Å². The number of hydrogen-bond donors (Lipinski definition) is 2. The molecular formula is C30H38N4O4. The van der Waals surface area contributed by atoms with E-state index in [-0.39, 0.29) is 23.3 Å². The molecule has 5 rings (SSSR count). The number of carbonyl (C=O) groups is 2. The first kappa shape index (κ1) is 26.4. The van der Waals surface area contributed by atoms with Crippen molar-refractivity contribution < 1.29 is 18.7 Å². The first-order valence-electron chi connectivity index (χ1n) is 13.9. The molecular weight excluding hydrogens is 480 g/mol. The Labute approximate surface area is 223 Å². The summed E-state index contributed by atoms with van der Waals surface area (Å²) in [5.41, 5.74) is 0.971. The minimum absolute atomic E-state index is 0.0675. The molecule has 8 nitrogen and oxygen atoms in total. The number of unbranched alkanes of at least 4 members (excludes halogenated alkanes) is 2. The van der Waals surface area contributed by atoms with E-state index in [9.17, 15) is 9.59 Å². The highest BCUT2D eigenvalue weighted by Gasteiger charge is 2.57. The molecule has 8 heteroatoms. The second-order valence-electron chi connectivity index (χ2n) is 10.8. The van der Waals surface area contributed by atoms with Crippen molar-refractivity contribution in [2.45, 2.75) is 70.8 Å². The largest absolute Gasteiger partial charge is 0.496 e. The fourth-order valence-electron chi connectivity index (χ4n) is 5.80. The summed E-state index contributed by atoms with van der Waals surface area (Å²) in [5, 5.41) is 8.69. The van der Waals surface area contributed by atoms with Crippen molar-refractivity contribution in [2.75, 3.05) is 20.2 Å². The smallest absolute Gasteiger partial charge is 0.224 e. The third kappa shape index (κ3) is 5.75. The zero-order chi connectivity index (χ0) is 26.5. The Bertz CT molecular complexity index is 1280. The van der Waals surface area contributed by atoms with Gasteiger partial charge in [0.15, 0.2) is 5.76 Å². The van der Waals surface area contributed by atoms with Gasteiger partial charge in [-0.3, -0.25) is 14.6 Å².